The fourth-order valence-electron chi connectivity index (χ4n) is 2.24. The van der Waals surface area contributed by atoms with Gasteiger partial charge < -0.3 is 15.6 Å². The largest absolute Gasteiger partial charge is 0.465 e. The van der Waals surface area contributed by atoms with Crippen LogP contribution in [-0.2, 0) is 24.6 Å². The Balaban J connectivity index is 2.09. The predicted molar refractivity (Wildman–Crippen MR) is 73.4 cm³/mol. The summed E-state index contributed by atoms with van der Waals surface area (Å²) in [6, 6.07) is 0. The molecular weight excluding hydrogens is 276 g/mol. The highest BCUT2D eigenvalue weighted by Crippen LogP contribution is 2.25. The molecule has 2 heterocycles. The maximum Gasteiger partial charge on any atom is 0.407 e. The number of carbonyl (C=O) groups is 2. The van der Waals surface area contributed by atoms with Crippen LogP contribution in [0.4, 0.5) is 4.79 Å². The first kappa shape index (κ1) is 15.3. The van der Waals surface area contributed by atoms with Crippen LogP contribution in [0, 0.1) is 5.92 Å². The molecule has 0 unspecified atom stereocenters. The van der Waals surface area contributed by atoms with Gasteiger partial charge in [-0.05, 0) is 12.3 Å². The molecule has 8 heteroatoms. The molecule has 0 atom stereocenters. The number of hydrogen-bond acceptors (Lipinski definition) is 4. The number of amides is 2. The van der Waals surface area contributed by atoms with E-state index in [1.165, 1.54) is 9.58 Å². The number of carboxylic acid groups (broad SMARTS) is 1. The smallest absolute Gasteiger partial charge is 0.407 e. The van der Waals surface area contributed by atoms with Crippen molar-refractivity contribution in [3.05, 3.63) is 17.0 Å². The summed E-state index contributed by atoms with van der Waals surface area (Å²) in [4.78, 5) is 23.7. The lowest BCUT2D eigenvalue weighted by Gasteiger charge is -2.12. The number of primary amides is 1. The normalized spacial score (nSPS) is 13.8. The molecule has 3 N–H and O–H groups in total. The monoisotopic (exact) mass is 296 g/mol. The molecule has 0 bridgehead atoms. The number of aromatic nitrogens is 2. The first-order valence-corrected chi connectivity index (χ1v) is 6.84. The van der Waals surface area contributed by atoms with Crippen LogP contribution in [0.5, 0.6) is 0 Å². The lowest BCUT2D eigenvalue weighted by molar-refractivity contribution is 0.0575. The van der Waals surface area contributed by atoms with Crippen molar-refractivity contribution in [3.8, 4) is 0 Å². The van der Waals surface area contributed by atoms with Crippen molar-refractivity contribution in [2.75, 3.05) is 6.61 Å². The third kappa shape index (κ3) is 3.33. The third-order valence-corrected chi connectivity index (χ3v) is 3.38. The molecule has 1 aliphatic heterocycles. The van der Waals surface area contributed by atoms with Crippen molar-refractivity contribution < 1.29 is 19.4 Å². The summed E-state index contributed by atoms with van der Waals surface area (Å²) >= 11 is 0. The second-order valence-electron chi connectivity index (χ2n) is 5.50. The van der Waals surface area contributed by atoms with Crippen LogP contribution in [0.1, 0.15) is 42.0 Å². The Morgan fingerprint density at radius 2 is 2.14 bits per heavy atom. The van der Waals surface area contributed by atoms with E-state index in [-0.39, 0.29) is 25.5 Å². The van der Waals surface area contributed by atoms with Gasteiger partial charge in [0.2, 0.25) is 0 Å². The molecule has 0 fully saturated rings. The molecule has 2 rings (SSSR count). The average Bonchev–Trinajstić information content (AvgIpc) is 2.90. The lowest BCUT2D eigenvalue weighted by Crippen LogP contribution is -2.26. The van der Waals surface area contributed by atoms with Crippen molar-refractivity contribution in [2.45, 2.75) is 40.1 Å². The second kappa shape index (κ2) is 6.13. The first-order valence-electron chi connectivity index (χ1n) is 6.84. The fraction of sp³-hybridized carbons (Fsp3) is 0.615. The van der Waals surface area contributed by atoms with Gasteiger partial charge in [-0.3, -0.25) is 9.69 Å². The maximum absolute atomic E-state index is 11.6. The molecule has 0 radical (unpaired) electrons. The van der Waals surface area contributed by atoms with Gasteiger partial charge in [0.25, 0.3) is 5.91 Å². The summed E-state index contributed by atoms with van der Waals surface area (Å²) in [5, 5.41) is 13.2. The van der Waals surface area contributed by atoms with Crippen molar-refractivity contribution in [1.82, 2.24) is 14.7 Å². The highest BCUT2D eigenvalue weighted by molar-refractivity contribution is 5.93. The van der Waals surface area contributed by atoms with Crippen LogP contribution in [0.2, 0.25) is 0 Å². The maximum atomic E-state index is 11.6. The van der Waals surface area contributed by atoms with Gasteiger partial charge in [-0.2, -0.15) is 5.10 Å². The van der Waals surface area contributed by atoms with E-state index in [9.17, 15) is 9.59 Å². The van der Waals surface area contributed by atoms with Crippen LogP contribution in [0.3, 0.4) is 0 Å². The van der Waals surface area contributed by atoms with Crippen molar-refractivity contribution in [3.63, 3.8) is 0 Å². The Bertz CT molecular complexity index is 553. The van der Waals surface area contributed by atoms with Crippen LogP contribution in [0.15, 0.2) is 0 Å². The number of fused-ring (bicyclic) bond motifs is 1. The van der Waals surface area contributed by atoms with Crippen LogP contribution in [0.25, 0.3) is 0 Å². The van der Waals surface area contributed by atoms with Crippen molar-refractivity contribution in [2.24, 2.45) is 11.7 Å². The van der Waals surface area contributed by atoms with Gasteiger partial charge in [-0.15, -0.1) is 0 Å². The Morgan fingerprint density at radius 1 is 1.43 bits per heavy atom. The zero-order valence-electron chi connectivity index (χ0n) is 12.2. The van der Waals surface area contributed by atoms with Gasteiger partial charge in [0.15, 0.2) is 0 Å². The number of ether oxygens (including phenoxy) is 1. The van der Waals surface area contributed by atoms with Gasteiger partial charge in [0.1, 0.15) is 12.4 Å². The van der Waals surface area contributed by atoms with E-state index in [1.807, 2.05) is 0 Å². The minimum atomic E-state index is -1.04. The number of hydrogen-bond donors (Lipinski definition) is 2. The van der Waals surface area contributed by atoms with Gasteiger partial charge in [-0.1, -0.05) is 13.8 Å². The molecule has 8 nitrogen and oxygen atoms in total. The molecule has 1 aromatic heterocycles. The summed E-state index contributed by atoms with van der Waals surface area (Å²) in [5.41, 5.74) is 6.77. The van der Waals surface area contributed by atoms with Crippen molar-refractivity contribution in [1.29, 1.82) is 0 Å². The molecule has 2 amide bonds. The summed E-state index contributed by atoms with van der Waals surface area (Å²) in [7, 11) is 0. The predicted octanol–water partition coefficient (Wildman–Crippen LogP) is 0.996. The quantitative estimate of drug-likeness (QED) is 0.761. The number of rotatable bonds is 6. The first-order chi connectivity index (χ1) is 9.90. The van der Waals surface area contributed by atoms with Crippen LogP contribution in [-0.4, -0.2) is 38.4 Å². The molecule has 1 aromatic rings. The van der Waals surface area contributed by atoms with Crippen LogP contribution >= 0.6 is 0 Å². The summed E-state index contributed by atoms with van der Waals surface area (Å²) in [6.07, 6.45) is -0.122. The molecular formula is C13H20N4O4. The molecule has 0 spiro atoms. The third-order valence-electron chi connectivity index (χ3n) is 3.38. The lowest BCUT2D eigenvalue weighted by atomic mass is 10.1. The highest BCUT2D eigenvalue weighted by atomic mass is 16.5. The van der Waals surface area contributed by atoms with Gasteiger partial charge in [0.05, 0.1) is 18.8 Å². The summed E-state index contributed by atoms with van der Waals surface area (Å²) in [5.74, 6) is -0.0872. The molecule has 0 aliphatic carbocycles. The highest BCUT2D eigenvalue weighted by Gasteiger charge is 2.31. The molecule has 116 valence electrons. The van der Waals surface area contributed by atoms with Gasteiger partial charge >= 0.3 is 6.09 Å². The van der Waals surface area contributed by atoms with Crippen LogP contribution < -0.4 is 5.73 Å². The Labute approximate surface area is 122 Å². The van der Waals surface area contributed by atoms with E-state index in [0.717, 1.165) is 6.42 Å². The summed E-state index contributed by atoms with van der Waals surface area (Å²) in [6.45, 7) is 5.22. The van der Waals surface area contributed by atoms with E-state index < -0.39 is 12.0 Å². The van der Waals surface area contributed by atoms with Gasteiger partial charge in [0, 0.05) is 12.2 Å². The van der Waals surface area contributed by atoms with E-state index in [2.05, 4.69) is 18.9 Å². The molecule has 1 aliphatic rings. The molecule has 0 saturated heterocycles. The number of nitrogens with zero attached hydrogens (tertiary/aromatic N) is 3. The Kier molecular flexibility index (Phi) is 4.46. The fourth-order valence-corrected chi connectivity index (χ4v) is 2.24. The zero-order chi connectivity index (χ0) is 15.6. The van der Waals surface area contributed by atoms with Gasteiger partial charge in [-0.25, -0.2) is 9.48 Å². The van der Waals surface area contributed by atoms with E-state index in [4.69, 9.17) is 15.6 Å². The Hall–Kier alpha value is -2.09. The summed E-state index contributed by atoms with van der Waals surface area (Å²) < 4.78 is 6.92. The molecule has 0 saturated carbocycles. The minimum Gasteiger partial charge on any atom is -0.465 e. The average molecular weight is 296 g/mol. The van der Waals surface area contributed by atoms with Crippen molar-refractivity contribution >= 4 is 12.0 Å². The minimum absolute atomic E-state index is 0.134. The molecule has 0 aromatic carbocycles. The SMILES string of the molecule is CC(C)CCOCn1nc2c(c1C(N)=O)CN(C(=O)O)C2. The van der Waals surface area contributed by atoms with E-state index in [1.54, 1.807) is 0 Å². The number of carbonyl (C=O) groups excluding carboxylic acids is 1. The van der Waals surface area contributed by atoms with E-state index in [0.29, 0.717) is 23.8 Å². The topological polar surface area (TPSA) is 111 Å². The molecule has 21 heavy (non-hydrogen) atoms. The zero-order valence-corrected chi connectivity index (χ0v) is 12.2. The number of nitrogens with two attached hydrogens (primary N) is 1. The van der Waals surface area contributed by atoms with E-state index >= 15 is 0 Å². The second-order valence-corrected chi connectivity index (χ2v) is 5.50. The standard InChI is InChI=1S/C13H20N4O4/c1-8(2)3-4-21-7-17-11(12(14)18)9-5-16(13(19)20)6-10(9)15-17/h8H,3-7H2,1-2H3,(H2,14,18)(H,19,20). The Morgan fingerprint density at radius 3 is 2.71 bits per heavy atom.